The molecule has 0 saturated carbocycles. The molecule has 1 atom stereocenters. The van der Waals surface area contributed by atoms with Gasteiger partial charge in [-0.05, 0) is 17.7 Å². The van der Waals surface area contributed by atoms with E-state index < -0.39 is 17.8 Å². The van der Waals surface area contributed by atoms with Gasteiger partial charge < -0.3 is 5.73 Å². The summed E-state index contributed by atoms with van der Waals surface area (Å²) in [6.45, 7) is 0. The molecule has 0 fully saturated rings. The van der Waals surface area contributed by atoms with Gasteiger partial charge in [0.15, 0.2) is 5.82 Å². The average Bonchev–Trinajstić information content (AvgIpc) is 2.80. The molecule has 0 radical (unpaired) electrons. The number of alkyl halides is 3. The number of hydrogen-bond donors (Lipinski definition) is 2. The molecule has 0 aliphatic heterocycles. The largest absolute Gasteiger partial charge is 0.416 e. The Balaban J connectivity index is 2.24. The standard InChI is InChI=1S/C9H8F3N5/c10-9(11,12)6-3-1-5(2-4-6)7(13)8-14-16-17-15-8/h1-4,7H,13H2,(H,14,15,16,17). The highest BCUT2D eigenvalue weighted by molar-refractivity contribution is 5.29. The summed E-state index contributed by atoms with van der Waals surface area (Å²) in [6.07, 6.45) is -4.35. The van der Waals surface area contributed by atoms with Gasteiger partial charge in [-0.1, -0.05) is 17.3 Å². The molecule has 17 heavy (non-hydrogen) atoms. The van der Waals surface area contributed by atoms with Crippen LogP contribution in [0, 0.1) is 0 Å². The summed E-state index contributed by atoms with van der Waals surface area (Å²) in [5.41, 5.74) is 5.52. The molecule has 90 valence electrons. The maximum absolute atomic E-state index is 12.3. The number of benzene rings is 1. The Morgan fingerprint density at radius 1 is 1.18 bits per heavy atom. The van der Waals surface area contributed by atoms with Gasteiger partial charge in [0.2, 0.25) is 0 Å². The number of tetrazole rings is 1. The zero-order valence-electron chi connectivity index (χ0n) is 8.44. The second kappa shape index (κ2) is 4.13. The van der Waals surface area contributed by atoms with Gasteiger partial charge in [-0.25, -0.2) is 0 Å². The molecular weight excluding hydrogens is 235 g/mol. The quantitative estimate of drug-likeness (QED) is 0.832. The van der Waals surface area contributed by atoms with Gasteiger partial charge in [0.25, 0.3) is 0 Å². The minimum atomic E-state index is -4.35. The lowest BCUT2D eigenvalue weighted by Crippen LogP contribution is -2.14. The molecule has 0 saturated heterocycles. The highest BCUT2D eigenvalue weighted by atomic mass is 19.4. The van der Waals surface area contributed by atoms with Crippen molar-refractivity contribution in [3.8, 4) is 0 Å². The average molecular weight is 243 g/mol. The third-order valence-electron chi connectivity index (χ3n) is 2.24. The topological polar surface area (TPSA) is 80.5 Å². The molecule has 0 amide bonds. The summed E-state index contributed by atoms with van der Waals surface area (Å²) >= 11 is 0. The molecule has 1 unspecified atom stereocenters. The Kier molecular flexibility index (Phi) is 2.80. The molecule has 1 aromatic carbocycles. The monoisotopic (exact) mass is 243 g/mol. The fourth-order valence-electron chi connectivity index (χ4n) is 1.33. The van der Waals surface area contributed by atoms with E-state index >= 15 is 0 Å². The van der Waals surface area contributed by atoms with E-state index in [9.17, 15) is 13.2 Å². The van der Waals surface area contributed by atoms with E-state index in [-0.39, 0.29) is 5.82 Å². The van der Waals surface area contributed by atoms with Crippen LogP contribution in [0.5, 0.6) is 0 Å². The van der Waals surface area contributed by atoms with Crippen molar-refractivity contribution in [2.24, 2.45) is 5.73 Å². The van der Waals surface area contributed by atoms with Crippen LogP contribution in [0.15, 0.2) is 24.3 Å². The minimum Gasteiger partial charge on any atom is -0.318 e. The maximum Gasteiger partial charge on any atom is 0.416 e. The molecule has 1 heterocycles. The van der Waals surface area contributed by atoms with Crippen molar-refractivity contribution in [1.29, 1.82) is 0 Å². The highest BCUT2D eigenvalue weighted by Gasteiger charge is 2.30. The van der Waals surface area contributed by atoms with Crippen molar-refractivity contribution in [2.45, 2.75) is 12.2 Å². The number of aromatic amines is 1. The number of nitrogens with one attached hydrogen (secondary N) is 1. The Labute approximate surface area is 93.8 Å². The number of rotatable bonds is 2. The van der Waals surface area contributed by atoms with Crippen LogP contribution in [0.2, 0.25) is 0 Å². The van der Waals surface area contributed by atoms with Gasteiger partial charge in [-0.3, -0.25) is 0 Å². The van der Waals surface area contributed by atoms with Crippen molar-refractivity contribution in [1.82, 2.24) is 20.6 Å². The third kappa shape index (κ3) is 2.41. The number of H-pyrrole nitrogens is 1. The van der Waals surface area contributed by atoms with E-state index in [0.717, 1.165) is 12.1 Å². The van der Waals surface area contributed by atoms with Crippen molar-refractivity contribution < 1.29 is 13.2 Å². The van der Waals surface area contributed by atoms with E-state index in [0.29, 0.717) is 5.56 Å². The molecular formula is C9H8F3N5. The number of hydrogen-bond acceptors (Lipinski definition) is 4. The second-order valence-corrected chi connectivity index (χ2v) is 3.37. The van der Waals surface area contributed by atoms with Crippen LogP contribution in [-0.2, 0) is 6.18 Å². The molecule has 1 aromatic heterocycles. The summed E-state index contributed by atoms with van der Waals surface area (Å²) in [5.74, 6) is 0.227. The number of nitrogens with zero attached hydrogens (tertiary/aromatic N) is 3. The van der Waals surface area contributed by atoms with E-state index in [1.807, 2.05) is 0 Å². The highest BCUT2D eigenvalue weighted by Crippen LogP contribution is 2.30. The van der Waals surface area contributed by atoms with Gasteiger partial charge in [0.05, 0.1) is 11.6 Å². The van der Waals surface area contributed by atoms with Gasteiger partial charge in [0.1, 0.15) is 0 Å². The molecule has 5 nitrogen and oxygen atoms in total. The zero-order chi connectivity index (χ0) is 12.5. The predicted molar refractivity (Wildman–Crippen MR) is 51.7 cm³/mol. The SMILES string of the molecule is NC(c1ccc(C(F)(F)F)cc1)c1nn[nH]n1. The van der Waals surface area contributed by atoms with Crippen molar-refractivity contribution in [3.05, 3.63) is 41.2 Å². The molecule has 8 heteroatoms. The summed E-state index contributed by atoms with van der Waals surface area (Å²) in [7, 11) is 0. The molecule has 2 aromatic rings. The number of halogens is 3. The van der Waals surface area contributed by atoms with Gasteiger partial charge >= 0.3 is 6.18 Å². The number of nitrogens with two attached hydrogens (primary N) is 1. The van der Waals surface area contributed by atoms with Crippen molar-refractivity contribution in [3.63, 3.8) is 0 Å². The van der Waals surface area contributed by atoms with Crippen molar-refractivity contribution in [2.75, 3.05) is 0 Å². The lowest BCUT2D eigenvalue weighted by Gasteiger charge is -2.10. The molecule has 0 bridgehead atoms. The molecule has 3 N–H and O–H groups in total. The van der Waals surface area contributed by atoms with Gasteiger partial charge in [-0.2, -0.15) is 18.4 Å². The van der Waals surface area contributed by atoms with Crippen LogP contribution in [0.3, 0.4) is 0 Å². The third-order valence-corrected chi connectivity index (χ3v) is 2.24. The first-order valence-electron chi connectivity index (χ1n) is 4.64. The normalized spacial score (nSPS) is 13.6. The van der Waals surface area contributed by atoms with E-state index in [4.69, 9.17) is 5.73 Å². The smallest absolute Gasteiger partial charge is 0.318 e. The van der Waals surface area contributed by atoms with Gasteiger partial charge in [-0.15, -0.1) is 10.2 Å². The van der Waals surface area contributed by atoms with Crippen LogP contribution in [0.25, 0.3) is 0 Å². The lowest BCUT2D eigenvalue weighted by atomic mass is 10.1. The van der Waals surface area contributed by atoms with E-state index in [2.05, 4.69) is 20.6 Å². The summed E-state index contributed by atoms with van der Waals surface area (Å²) in [4.78, 5) is 0. The fraction of sp³-hybridized carbons (Fsp3) is 0.222. The van der Waals surface area contributed by atoms with E-state index in [1.165, 1.54) is 12.1 Å². The first-order valence-corrected chi connectivity index (χ1v) is 4.64. The van der Waals surface area contributed by atoms with Crippen LogP contribution in [-0.4, -0.2) is 20.6 Å². The molecule has 0 spiro atoms. The number of aromatic nitrogens is 4. The van der Waals surface area contributed by atoms with Crippen LogP contribution in [0.1, 0.15) is 23.0 Å². The maximum atomic E-state index is 12.3. The summed E-state index contributed by atoms with van der Waals surface area (Å²) < 4.78 is 37.0. The first kappa shape index (κ1) is 11.5. The predicted octanol–water partition coefficient (Wildman–Crippen LogP) is 1.27. The van der Waals surface area contributed by atoms with Crippen LogP contribution in [0.4, 0.5) is 13.2 Å². The second-order valence-electron chi connectivity index (χ2n) is 3.37. The molecule has 0 aliphatic rings. The molecule has 2 rings (SSSR count). The van der Waals surface area contributed by atoms with Crippen LogP contribution >= 0.6 is 0 Å². The first-order chi connectivity index (χ1) is 7.98. The zero-order valence-corrected chi connectivity index (χ0v) is 8.44. The Bertz CT molecular complexity index is 476. The minimum absolute atomic E-state index is 0.227. The summed E-state index contributed by atoms with van der Waals surface area (Å²) in [5, 5.41) is 12.9. The van der Waals surface area contributed by atoms with Crippen molar-refractivity contribution >= 4 is 0 Å². The van der Waals surface area contributed by atoms with Gasteiger partial charge in [0, 0.05) is 0 Å². The van der Waals surface area contributed by atoms with E-state index in [1.54, 1.807) is 0 Å². The Morgan fingerprint density at radius 2 is 1.82 bits per heavy atom. The molecule has 0 aliphatic carbocycles. The summed E-state index contributed by atoms with van der Waals surface area (Å²) in [6, 6.07) is 3.83. The fourth-order valence-corrected chi connectivity index (χ4v) is 1.33. The Morgan fingerprint density at radius 3 is 2.29 bits per heavy atom. The van der Waals surface area contributed by atoms with Crippen LogP contribution < -0.4 is 5.73 Å². The Hall–Kier alpha value is -1.96. The lowest BCUT2D eigenvalue weighted by molar-refractivity contribution is -0.137.